The lowest BCUT2D eigenvalue weighted by molar-refractivity contribution is -0.139. The standard InChI is InChI=1S/C17H32N4O3/c1-14(17(24)21-9-7-20(8-10-21)15(2)23)18-13-16-3-5-19(6-4-16)11-12-22/h14,16,18,22H,3-13H2,1-2H3/t14-/m0/s1. The SMILES string of the molecule is CC(=O)N1CCN(C(=O)[C@H](C)NCC2CCN(CCO)CC2)CC1. The quantitative estimate of drug-likeness (QED) is 0.673. The Labute approximate surface area is 145 Å². The van der Waals surface area contributed by atoms with E-state index in [1.807, 2.05) is 11.8 Å². The van der Waals surface area contributed by atoms with Gasteiger partial charge in [0.1, 0.15) is 0 Å². The first-order valence-electron chi connectivity index (χ1n) is 9.12. The molecular formula is C17H32N4O3. The van der Waals surface area contributed by atoms with Crippen LogP contribution in [0.25, 0.3) is 0 Å². The number of aliphatic hydroxyl groups excluding tert-OH is 1. The van der Waals surface area contributed by atoms with Crippen LogP contribution in [0.3, 0.4) is 0 Å². The van der Waals surface area contributed by atoms with E-state index in [0.717, 1.165) is 39.0 Å². The number of hydrogen-bond acceptors (Lipinski definition) is 5. The van der Waals surface area contributed by atoms with Crippen molar-refractivity contribution in [3.8, 4) is 0 Å². The molecule has 24 heavy (non-hydrogen) atoms. The molecule has 0 saturated carbocycles. The maximum Gasteiger partial charge on any atom is 0.239 e. The zero-order valence-corrected chi connectivity index (χ0v) is 15.0. The first-order chi connectivity index (χ1) is 11.5. The first kappa shape index (κ1) is 19.1. The molecule has 7 nitrogen and oxygen atoms in total. The molecule has 0 bridgehead atoms. The summed E-state index contributed by atoms with van der Waals surface area (Å²) in [5, 5.41) is 12.4. The molecule has 2 amide bonds. The van der Waals surface area contributed by atoms with Gasteiger partial charge in [0.25, 0.3) is 0 Å². The normalized spacial score (nSPS) is 21.8. The topological polar surface area (TPSA) is 76.1 Å². The van der Waals surface area contributed by atoms with E-state index in [-0.39, 0.29) is 24.5 Å². The molecule has 2 heterocycles. The fourth-order valence-electron chi connectivity index (χ4n) is 3.50. The summed E-state index contributed by atoms with van der Waals surface area (Å²) in [6, 6.07) is -0.177. The molecule has 7 heteroatoms. The van der Waals surface area contributed by atoms with Gasteiger partial charge in [0, 0.05) is 39.6 Å². The number of rotatable bonds is 6. The third-order valence-corrected chi connectivity index (χ3v) is 5.24. The third kappa shape index (κ3) is 5.43. The van der Waals surface area contributed by atoms with Crippen molar-refractivity contribution in [1.82, 2.24) is 20.0 Å². The van der Waals surface area contributed by atoms with Gasteiger partial charge in [-0.1, -0.05) is 0 Å². The van der Waals surface area contributed by atoms with Crippen LogP contribution in [-0.2, 0) is 9.59 Å². The molecule has 2 rings (SSSR count). The number of nitrogens with zero attached hydrogens (tertiary/aromatic N) is 3. The fraction of sp³-hybridized carbons (Fsp3) is 0.882. The molecule has 138 valence electrons. The molecular weight excluding hydrogens is 308 g/mol. The van der Waals surface area contributed by atoms with Crippen LogP contribution in [0.2, 0.25) is 0 Å². The van der Waals surface area contributed by atoms with Gasteiger partial charge in [0.15, 0.2) is 0 Å². The van der Waals surface area contributed by atoms with Crippen molar-refractivity contribution in [2.75, 3.05) is 59.0 Å². The van der Waals surface area contributed by atoms with Crippen LogP contribution >= 0.6 is 0 Å². The predicted molar refractivity (Wildman–Crippen MR) is 92.5 cm³/mol. The molecule has 1 atom stereocenters. The maximum atomic E-state index is 12.5. The van der Waals surface area contributed by atoms with E-state index < -0.39 is 0 Å². The minimum Gasteiger partial charge on any atom is -0.395 e. The second-order valence-corrected chi connectivity index (χ2v) is 6.97. The molecule has 0 aromatic heterocycles. The zero-order chi connectivity index (χ0) is 17.5. The number of carbonyl (C=O) groups is 2. The van der Waals surface area contributed by atoms with Crippen molar-refractivity contribution in [2.45, 2.75) is 32.7 Å². The highest BCUT2D eigenvalue weighted by Crippen LogP contribution is 2.16. The fourth-order valence-corrected chi connectivity index (χ4v) is 3.50. The van der Waals surface area contributed by atoms with Crippen molar-refractivity contribution < 1.29 is 14.7 Å². The van der Waals surface area contributed by atoms with Gasteiger partial charge in [-0.05, 0) is 45.3 Å². The monoisotopic (exact) mass is 340 g/mol. The lowest BCUT2D eigenvalue weighted by Gasteiger charge is -2.36. The molecule has 2 saturated heterocycles. The second kappa shape index (κ2) is 9.34. The number of carbonyl (C=O) groups excluding carboxylic acids is 2. The third-order valence-electron chi connectivity index (χ3n) is 5.24. The summed E-state index contributed by atoms with van der Waals surface area (Å²) in [5.74, 6) is 0.821. The Kier molecular flexibility index (Phi) is 7.45. The number of likely N-dealkylation sites (tertiary alicyclic amines) is 1. The summed E-state index contributed by atoms with van der Waals surface area (Å²) in [5.41, 5.74) is 0. The van der Waals surface area contributed by atoms with E-state index in [9.17, 15) is 9.59 Å². The van der Waals surface area contributed by atoms with Gasteiger partial charge in [-0.25, -0.2) is 0 Å². The zero-order valence-electron chi connectivity index (χ0n) is 15.0. The second-order valence-electron chi connectivity index (χ2n) is 6.97. The van der Waals surface area contributed by atoms with Crippen LogP contribution in [0.4, 0.5) is 0 Å². The highest BCUT2D eigenvalue weighted by molar-refractivity contribution is 5.82. The molecule has 0 aliphatic carbocycles. The van der Waals surface area contributed by atoms with E-state index in [1.54, 1.807) is 11.8 Å². The molecule has 0 aromatic rings. The summed E-state index contributed by atoms with van der Waals surface area (Å²) in [6.07, 6.45) is 2.23. The molecule has 2 N–H and O–H groups in total. The average Bonchev–Trinajstić information content (AvgIpc) is 2.60. The smallest absolute Gasteiger partial charge is 0.239 e. The number of piperazine rings is 1. The van der Waals surface area contributed by atoms with Crippen molar-refractivity contribution in [3.63, 3.8) is 0 Å². The predicted octanol–water partition coefficient (Wildman–Crippen LogP) is -0.640. The molecule has 0 spiro atoms. The van der Waals surface area contributed by atoms with Gasteiger partial charge in [0.05, 0.1) is 12.6 Å². The summed E-state index contributed by atoms with van der Waals surface area (Å²) < 4.78 is 0. The van der Waals surface area contributed by atoms with E-state index in [4.69, 9.17) is 5.11 Å². The molecule has 2 aliphatic heterocycles. The molecule has 0 radical (unpaired) electrons. The van der Waals surface area contributed by atoms with Crippen LogP contribution in [0.5, 0.6) is 0 Å². The Morgan fingerprint density at radius 2 is 1.67 bits per heavy atom. The van der Waals surface area contributed by atoms with Gasteiger partial charge < -0.3 is 25.1 Å². The number of β-amino-alcohol motifs (C(OH)–C–C–N with tert-alkyl or cyclic N) is 1. The van der Waals surface area contributed by atoms with E-state index in [0.29, 0.717) is 32.1 Å². The highest BCUT2D eigenvalue weighted by Gasteiger charge is 2.26. The van der Waals surface area contributed by atoms with Crippen molar-refractivity contribution in [2.24, 2.45) is 5.92 Å². The Morgan fingerprint density at radius 3 is 2.21 bits per heavy atom. The van der Waals surface area contributed by atoms with Crippen LogP contribution in [0, 0.1) is 5.92 Å². The van der Waals surface area contributed by atoms with Gasteiger partial charge in [-0.3, -0.25) is 9.59 Å². The van der Waals surface area contributed by atoms with Crippen LogP contribution in [0.1, 0.15) is 26.7 Å². The minimum absolute atomic E-state index is 0.0841. The van der Waals surface area contributed by atoms with E-state index in [2.05, 4.69) is 10.2 Å². The number of nitrogens with one attached hydrogen (secondary N) is 1. The number of amides is 2. The van der Waals surface area contributed by atoms with Crippen molar-refractivity contribution >= 4 is 11.8 Å². The van der Waals surface area contributed by atoms with Crippen LogP contribution in [-0.4, -0.2) is 96.6 Å². The Balaban J connectivity index is 1.66. The van der Waals surface area contributed by atoms with Crippen molar-refractivity contribution in [1.29, 1.82) is 0 Å². The van der Waals surface area contributed by atoms with Crippen LogP contribution < -0.4 is 5.32 Å². The average molecular weight is 340 g/mol. The Hall–Kier alpha value is -1.18. The van der Waals surface area contributed by atoms with E-state index in [1.165, 1.54) is 0 Å². The lowest BCUT2D eigenvalue weighted by atomic mass is 9.96. The lowest BCUT2D eigenvalue weighted by Crippen LogP contribution is -2.54. The Bertz CT molecular complexity index is 416. The molecule has 0 unspecified atom stereocenters. The Morgan fingerprint density at radius 1 is 1.08 bits per heavy atom. The largest absolute Gasteiger partial charge is 0.395 e. The number of hydrogen-bond donors (Lipinski definition) is 2. The van der Waals surface area contributed by atoms with Crippen LogP contribution in [0.15, 0.2) is 0 Å². The number of aliphatic hydroxyl groups is 1. The first-order valence-corrected chi connectivity index (χ1v) is 9.12. The van der Waals surface area contributed by atoms with Gasteiger partial charge >= 0.3 is 0 Å². The molecule has 0 aromatic carbocycles. The summed E-state index contributed by atoms with van der Waals surface area (Å²) in [4.78, 5) is 29.8. The summed E-state index contributed by atoms with van der Waals surface area (Å²) >= 11 is 0. The maximum absolute atomic E-state index is 12.5. The van der Waals surface area contributed by atoms with E-state index >= 15 is 0 Å². The summed E-state index contributed by atoms with van der Waals surface area (Å²) in [6.45, 7) is 9.96. The molecule has 2 fully saturated rings. The van der Waals surface area contributed by atoms with Gasteiger partial charge in [-0.2, -0.15) is 0 Å². The molecule has 2 aliphatic rings. The summed E-state index contributed by atoms with van der Waals surface area (Å²) in [7, 11) is 0. The minimum atomic E-state index is -0.177. The number of piperidine rings is 1. The van der Waals surface area contributed by atoms with Crippen molar-refractivity contribution in [3.05, 3.63) is 0 Å². The highest BCUT2D eigenvalue weighted by atomic mass is 16.3. The van der Waals surface area contributed by atoms with Gasteiger partial charge in [-0.15, -0.1) is 0 Å². The van der Waals surface area contributed by atoms with Gasteiger partial charge in [0.2, 0.25) is 11.8 Å².